The maximum Gasteiger partial charge on any atom is 0.277 e. The van der Waals surface area contributed by atoms with E-state index >= 15 is 0 Å². The predicted octanol–water partition coefficient (Wildman–Crippen LogP) is 5.10. The number of halogens is 1. The summed E-state index contributed by atoms with van der Waals surface area (Å²) in [6, 6.07) is 18.3. The summed E-state index contributed by atoms with van der Waals surface area (Å²) in [6.07, 6.45) is 2.19. The first-order chi connectivity index (χ1) is 14.1. The van der Waals surface area contributed by atoms with E-state index in [1.54, 1.807) is 23.2 Å². The Hall–Kier alpha value is -2.93. The Balaban J connectivity index is 1.71. The number of rotatable bonds is 4. The minimum absolute atomic E-state index is 0.0130. The molecular weight excluding hydrogens is 434 g/mol. The second-order valence-electron chi connectivity index (χ2n) is 7.02. The van der Waals surface area contributed by atoms with Crippen LogP contribution in [0.25, 0.3) is 10.8 Å². The number of amides is 1. The van der Waals surface area contributed by atoms with Crippen molar-refractivity contribution in [2.75, 3.05) is 18.1 Å². The summed E-state index contributed by atoms with van der Waals surface area (Å²) in [5.41, 5.74) is 1.84. The van der Waals surface area contributed by atoms with Gasteiger partial charge in [0.05, 0.1) is 22.4 Å². The number of anilines is 1. The topological polar surface area (TPSA) is 66.7 Å². The van der Waals surface area contributed by atoms with Crippen LogP contribution in [-0.2, 0) is 11.2 Å². The number of fused-ring (bicyclic) bond motifs is 1. The Kier molecular flexibility index (Phi) is 5.49. The fourth-order valence-corrected chi connectivity index (χ4v) is 4.25. The Morgan fingerprint density at radius 3 is 2.41 bits per heavy atom. The molecule has 0 N–H and O–H groups in total. The van der Waals surface area contributed by atoms with E-state index < -0.39 is 0 Å². The van der Waals surface area contributed by atoms with Crippen molar-refractivity contribution in [1.82, 2.24) is 5.01 Å². The smallest absolute Gasteiger partial charge is 0.277 e. The lowest BCUT2D eigenvalue weighted by Crippen LogP contribution is -2.51. The fourth-order valence-electron chi connectivity index (χ4n) is 3.82. The Bertz CT molecular complexity index is 1090. The van der Waals surface area contributed by atoms with Gasteiger partial charge in [-0.15, -0.1) is 0 Å². The number of non-ortho nitro benzene ring substituents is 1. The zero-order valence-electron chi connectivity index (χ0n) is 15.8. The van der Waals surface area contributed by atoms with E-state index in [1.165, 1.54) is 6.07 Å². The van der Waals surface area contributed by atoms with E-state index in [0.29, 0.717) is 24.9 Å². The number of hydrogen-bond donors (Lipinski definition) is 0. The largest absolute Gasteiger partial charge is 0.282 e. The van der Waals surface area contributed by atoms with Gasteiger partial charge in [-0.1, -0.05) is 52.3 Å². The molecule has 7 heteroatoms. The highest BCUT2D eigenvalue weighted by molar-refractivity contribution is 9.10. The molecule has 1 aliphatic rings. The van der Waals surface area contributed by atoms with Gasteiger partial charge in [-0.05, 0) is 36.6 Å². The molecule has 1 fully saturated rings. The lowest BCUT2D eigenvalue weighted by molar-refractivity contribution is -0.383. The van der Waals surface area contributed by atoms with Crippen molar-refractivity contribution in [1.29, 1.82) is 0 Å². The molecule has 0 saturated carbocycles. The monoisotopic (exact) mass is 453 g/mol. The highest BCUT2D eigenvalue weighted by Crippen LogP contribution is 2.35. The van der Waals surface area contributed by atoms with Crippen LogP contribution in [0.5, 0.6) is 0 Å². The van der Waals surface area contributed by atoms with Crippen LogP contribution < -0.4 is 5.01 Å². The number of nitro benzene ring substituents is 1. The van der Waals surface area contributed by atoms with Crippen LogP contribution >= 0.6 is 15.9 Å². The van der Waals surface area contributed by atoms with Crippen molar-refractivity contribution in [3.8, 4) is 0 Å². The number of hydrogen-bond acceptors (Lipinski definition) is 4. The molecule has 0 aliphatic carbocycles. The molecular formula is C22H20BrN3O3. The third kappa shape index (κ3) is 3.82. The van der Waals surface area contributed by atoms with Gasteiger partial charge in [0.15, 0.2) is 0 Å². The average molecular weight is 454 g/mol. The second kappa shape index (κ2) is 8.21. The second-order valence-corrected chi connectivity index (χ2v) is 7.88. The molecule has 148 valence electrons. The van der Waals surface area contributed by atoms with Crippen LogP contribution in [0, 0.1) is 10.1 Å². The lowest BCUT2D eigenvalue weighted by Gasteiger charge is -2.40. The number of nitrogens with zero attached hydrogens (tertiary/aromatic N) is 3. The van der Waals surface area contributed by atoms with Crippen molar-refractivity contribution in [3.63, 3.8) is 0 Å². The van der Waals surface area contributed by atoms with Crippen LogP contribution in [0.1, 0.15) is 18.4 Å². The minimum atomic E-state index is -0.363. The van der Waals surface area contributed by atoms with E-state index in [1.807, 2.05) is 41.4 Å². The number of hydrazine groups is 1. The molecule has 1 amide bonds. The predicted molar refractivity (Wildman–Crippen MR) is 117 cm³/mol. The van der Waals surface area contributed by atoms with E-state index in [0.717, 1.165) is 34.0 Å². The first-order valence-electron chi connectivity index (χ1n) is 9.53. The zero-order chi connectivity index (χ0) is 20.4. The summed E-state index contributed by atoms with van der Waals surface area (Å²) in [5, 5.41) is 16.6. The summed E-state index contributed by atoms with van der Waals surface area (Å²) < 4.78 is 0.915. The molecule has 3 aromatic carbocycles. The first-order valence-corrected chi connectivity index (χ1v) is 10.3. The van der Waals surface area contributed by atoms with Gasteiger partial charge in [-0.25, -0.2) is 0 Å². The standard InChI is InChI=1S/C22H20BrN3O3/c23-19-10-4-1-7-16(19)15-22(27)25-14-6-5-13-24(25)20-11-12-21(26(28)29)18-9-3-2-8-17(18)20/h1-4,7-12H,5-6,13-15H2. The van der Waals surface area contributed by atoms with Gasteiger partial charge >= 0.3 is 0 Å². The molecule has 0 unspecified atom stereocenters. The SMILES string of the molecule is O=C(Cc1ccccc1Br)N1CCCCN1c1ccc([N+](=O)[O-])c2ccccc12. The van der Waals surface area contributed by atoms with E-state index in [9.17, 15) is 14.9 Å². The maximum absolute atomic E-state index is 13.2. The molecule has 0 radical (unpaired) electrons. The van der Waals surface area contributed by atoms with Crippen LogP contribution in [0.4, 0.5) is 11.4 Å². The van der Waals surface area contributed by atoms with Crippen molar-refractivity contribution < 1.29 is 9.72 Å². The number of carbonyl (C=O) groups excluding carboxylic acids is 1. The molecule has 0 aromatic heterocycles. The summed E-state index contributed by atoms with van der Waals surface area (Å²) in [7, 11) is 0. The van der Waals surface area contributed by atoms with E-state index in [-0.39, 0.29) is 16.5 Å². The molecule has 3 aromatic rings. The average Bonchev–Trinajstić information content (AvgIpc) is 2.74. The molecule has 6 nitrogen and oxygen atoms in total. The number of carbonyl (C=O) groups is 1. The first kappa shape index (κ1) is 19.4. The Morgan fingerprint density at radius 1 is 0.966 bits per heavy atom. The third-order valence-electron chi connectivity index (χ3n) is 5.22. The summed E-state index contributed by atoms with van der Waals surface area (Å²) in [6.45, 7) is 1.33. The summed E-state index contributed by atoms with van der Waals surface area (Å²) in [5.74, 6) is 0.0130. The Labute approximate surface area is 177 Å². The van der Waals surface area contributed by atoms with Gasteiger partial charge < -0.3 is 0 Å². The Morgan fingerprint density at radius 2 is 1.66 bits per heavy atom. The van der Waals surface area contributed by atoms with E-state index in [4.69, 9.17) is 0 Å². The van der Waals surface area contributed by atoms with Gasteiger partial charge in [0.2, 0.25) is 5.91 Å². The summed E-state index contributed by atoms with van der Waals surface area (Å²) >= 11 is 3.51. The quantitative estimate of drug-likeness (QED) is 0.407. The van der Waals surface area contributed by atoms with Crippen LogP contribution in [-0.4, -0.2) is 28.9 Å². The maximum atomic E-state index is 13.2. The normalized spacial score (nSPS) is 14.2. The molecule has 1 aliphatic heterocycles. The van der Waals surface area contributed by atoms with Crippen molar-refractivity contribution in [2.24, 2.45) is 0 Å². The molecule has 0 spiro atoms. The zero-order valence-corrected chi connectivity index (χ0v) is 17.3. The van der Waals surface area contributed by atoms with Gasteiger partial charge in [0.1, 0.15) is 0 Å². The van der Waals surface area contributed by atoms with Gasteiger partial charge in [-0.3, -0.25) is 24.9 Å². The molecule has 1 heterocycles. The molecule has 4 rings (SSSR count). The minimum Gasteiger partial charge on any atom is -0.282 e. The molecule has 29 heavy (non-hydrogen) atoms. The molecule has 0 bridgehead atoms. The van der Waals surface area contributed by atoms with Crippen LogP contribution in [0.2, 0.25) is 0 Å². The lowest BCUT2D eigenvalue weighted by atomic mass is 10.1. The number of benzene rings is 3. The summed E-state index contributed by atoms with van der Waals surface area (Å²) in [4.78, 5) is 24.2. The van der Waals surface area contributed by atoms with Gasteiger partial charge in [0, 0.05) is 29.0 Å². The highest BCUT2D eigenvalue weighted by Gasteiger charge is 2.27. The molecule has 1 saturated heterocycles. The third-order valence-corrected chi connectivity index (χ3v) is 6.00. The van der Waals surface area contributed by atoms with Crippen LogP contribution in [0.3, 0.4) is 0 Å². The van der Waals surface area contributed by atoms with E-state index in [2.05, 4.69) is 15.9 Å². The van der Waals surface area contributed by atoms with Gasteiger partial charge in [-0.2, -0.15) is 0 Å². The molecule has 0 atom stereocenters. The highest BCUT2D eigenvalue weighted by atomic mass is 79.9. The van der Waals surface area contributed by atoms with Crippen molar-refractivity contribution >= 4 is 44.0 Å². The van der Waals surface area contributed by atoms with Crippen molar-refractivity contribution in [2.45, 2.75) is 19.3 Å². The van der Waals surface area contributed by atoms with Gasteiger partial charge in [0.25, 0.3) is 5.69 Å². The van der Waals surface area contributed by atoms with Crippen molar-refractivity contribution in [3.05, 3.63) is 80.8 Å². The van der Waals surface area contributed by atoms with Crippen LogP contribution in [0.15, 0.2) is 65.1 Å². The number of nitro groups is 1. The fraction of sp³-hybridized carbons (Fsp3) is 0.227.